The van der Waals surface area contributed by atoms with E-state index in [2.05, 4.69) is 0 Å². The number of para-hydroxylation sites is 1. The normalized spacial score (nSPS) is 11.8. The number of hydrogen-bond acceptors (Lipinski definition) is 3. The predicted molar refractivity (Wildman–Crippen MR) is 94.4 cm³/mol. The molecule has 0 aliphatic heterocycles. The number of likely N-dealkylation sites (N-methyl/N-ethyl adjacent to an activating group) is 1. The van der Waals surface area contributed by atoms with Crippen LogP contribution in [0.1, 0.15) is 24.1 Å². The summed E-state index contributed by atoms with van der Waals surface area (Å²) in [4.78, 5) is 24.6. The monoisotopic (exact) mass is 366 g/mol. The van der Waals surface area contributed by atoms with Gasteiger partial charge in [0.15, 0.2) is 0 Å². The van der Waals surface area contributed by atoms with Crippen LogP contribution in [0.4, 0.5) is 5.69 Å². The van der Waals surface area contributed by atoms with E-state index >= 15 is 0 Å². The minimum Gasteiger partial charge on any atom is -0.339 e. The van der Waals surface area contributed by atoms with E-state index in [0.717, 1.165) is 5.56 Å². The van der Waals surface area contributed by atoms with E-state index in [9.17, 15) is 14.9 Å². The van der Waals surface area contributed by atoms with Gasteiger partial charge >= 0.3 is 0 Å². The molecule has 1 amide bonds. The number of nitro groups is 1. The Hall–Kier alpha value is -2.11. The van der Waals surface area contributed by atoms with Crippen molar-refractivity contribution in [2.45, 2.75) is 19.4 Å². The van der Waals surface area contributed by atoms with Crippen molar-refractivity contribution in [3.63, 3.8) is 0 Å². The molecule has 2 aromatic carbocycles. The second kappa shape index (κ2) is 7.64. The molecule has 0 aliphatic carbocycles. The molecule has 5 nitrogen and oxygen atoms in total. The molecule has 0 bridgehead atoms. The molecule has 0 aromatic heterocycles. The van der Waals surface area contributed by atoms with Gasteiger partial charge in [0, 0.05) is 28.7 Å². The van der Waals surface area contributed by atoms with Gasteiger partial charge in [-0.15, -0.1) is 0 Å². The molecule has 0 N–H and O–H groups in total. The third kappa shape index (κ3) is 4.04. The molecule has 2 rings (SSSR count). The Kier molecular flexibility index (Phi) is 5.80. The molecule has 2 aromatic rings. The topological polar surface area (TPSA) is 63.5 Å². The molecule has 0 heterocycles. The van der Waals surface area contributed by atoms with Crippen LogP contribution >= 0.6 is 23.2 Å². The van der Waals surface area contributed by atoms with Crippen LogP contribution in [0.2, 0.25) is 10.0 Å². The number of benzene rings is 2. The molecule has 0 spiro atoms. The van der Waals surface area contributed by atoms with Gasteiger partial charge in [-0.3, -0.25) is 14.9 Å². The maximum Gasteiger partial charge on any atom is 0.273 e. The fraction of sp³-hybridized carbons (Fsp3) is 0.235. The Morgan fingerprint density at radius 1 is 1.25 bits per heavy atom. The highest BCUT2D eigenvalue weighted by Gasteiger charge is 2.22. The zero-order valence-corrected chi connectivity index (χ0v) is 14.7. The standard InChI is InChI=1S/C17H16Cl2N2O3/c1-11(14-8-7-13(18)10-15(14)19)20(2)17(22)9-12-5-3-4-6-16(12)21(23)24/h3-8,10-11H,9H2,1-2H3/t11-/m0/s1. The molecular formula is C17H16Cl2N2O3. The lowest BCUT2D eigenvalue weighted by Crippen LogP contribution is -2.31. The van der Waals surface area contributed by atoms with Crippen molar-refractivity contribution in [1.29, 1.82) is 0 Å². The van der Waals surface area contributed by atoms with Crippen LogP contribution in [0.5, 0.6) is 0 Å². The van der Waals surface area contributed by atoms with Crippen molar-refractivity contribution < 1.29 is 9.72 Å². The van der Waals surface area contributed by atoms with Crippen LogP contribution in [0, 0.1) is 10.1 Å². The molecule has 0 fully saturated rings. The van der Waals surface area contributed by atoms with Crippen molar-refractivity contribution in [3.8, 4) is 0 Å². The molecule has 0 saturated heterocycles. The summed E-state index contributed by atoms with van der Waals surface area (Å²) in [6.07, 6.45) is -0.0524. The number of amides is 1. The van der Waals surface area contributed by atoms with E-state index < -0.39 is 4.92 Å². The first kappa shape index (κ1) is 18.2. The number of hydrogen-bond donors (Lipinski definition) is 0. The summed E-state index contributed by atoms with van der Waals surface area (Å²) in [6.45, 7) is 1.84. The fourth-order valence-electron chi connectivity index (χ4n) is 2.39. The lowest BCUT2D eigenvalue weighted by Gasteiger charge is -2.26. The SMILES string of the molecule is C[C@@H](c1ccc(Cl)cc1Cl)N(C)C(=O)Cc1ccccc1[N+](=O)[O-]. The van der Waals surface area contributed by atoms with Crippen LogP contribution in [0.3, 0.4) is 0 Å². The van der Waals surface area contributed by atoms with Gasteiger partial charge in [0.1, 0.15) is 0 Å². The van der Waals surface area contributed by atoms with E-state index in [4.69, 9.17) is 23.2 Å². The molecule has 0 saturated carbocycles. The van der Waals surface area contributed by atoms with Crippen molar-refractivity contribution in [2.24, 2.45) is 0 Å². The summed E-state index contributed by atoms with van der Waals surface area (Å²) in [6, 6.07) is 11.0. The molecule has 0 aliphatic rings. The Labute approximate surface area is 149 Å². The third-order valence-corrected chi connectivity index (χ3v) is 4.48. The van der Waals surface area contributed by atoms with Gasteiger partial charge in [-0.2, -0.15) is 0 Å². The van der Waals surface area contributed by atoms with Gasteiger partial charge in [0.05, 0.1) is 17.4 Å². The number of nitro benzene ring substituents is 1. The largest absolute Gasteiger partial charge is 0.339 e. The van der Waals surface area contributed by atoms with Gasteiger partial charge in [0.2, 0.25) is 5.91 Å². The number of carbonyl (C=O) groups is 1. The second-order valence-electron chi connectivity index (χ2n) is 5.41. The summed E-state index contributed by atoms with van der Waals surface area (Å²) in [5.41, 5.74) is 1.09. The van der Waals surface area contributed by atoms with Crippen LogP contribution in [-0.4, -0.2) is 22.8 Å². The summed E-state index contributed by atoms with van der Waals surface area (Å²) >= 11 is 12.1. The number of nitrogens with zero attached hydrogens (tertiary/aromatic N) is 2. The lowest BCUT2D eigenvalue weighted by molar-refractivity contribution is -0.385. The summed E-state index contributed by atoms with van der Waals surface area (Å²) in [5.74, 6) is -0.234. The first-order chi connectivity index (χ1) is 11.3. The minimum atomic E-state index is -0.484. The van der Waals surface area contributed by atoms with Crippen molar-refractivity contribution in [3.05, 3.63) is 73.8 Å². The van der Waals surface area contributed by atoms with Crippen molar-refractivity contribution in [1.82, 2.24) is 4.90 Å². The smallest absolute Gasteiger partial charge is 0.273 e. The molecule has 126 valence electrons. The summed E-state index contributed by atoms with van der Waals surface area (Å²) < 4.78 is 0. The highest BCUT2D eigenvalue weighted by molar-refractivity contribution is 6.35. The Morgan fingerprint density at radius 3 is 2.54 bits per heavy atom. The fourth-order valence-corrected chi connectivity index (χ4v) is 2.96. The van der Waals surface area contributed by atoms with Gasteiger partial charge in [0.25, 0.3) is 5.69 Å². The first-order valence-corrected chi connectivity index (χ1v) is 7.99. The number of carbonyl (C=O) groups excluding carboxylic acids is 1. The quantitative estimate of drug-likeness (QED) is 0.570. The number of rotatable bonds is 5. The Balaban J connectivity index is 2.19. The Bertz CT molecular complexity index is 780. The molecule has 1 atom stereocenters. The summed E-state index contributed by atoms with van der Waals surface area (Å²) in [7, 11) is 1.65. The van der Waals surface area contributed by atoms with Crippen LogP contribution in [0.15, 0.2) is 42.5 Å². The van der Waals surface area contributed by atoms with E-state index in [1.54, 1.807) is 43.4 Å². The molecule has 0 radical (unpaired) electrons. The maximum absolute atomic E-state index is 12.5. The van der Waals surface area contributed by atoms with E-state index in [-0.39, 0.29) is 24.1 Å². The minimum absolute atomic E-state index is 0.0524. The highest BCUT2D eigenvalue weighted by atomic mass is 35.5. The second-order valence-corrected chi connectivity index (χ2v) is 6.25. The van der Waals surface area contributed by atoms with Crippen LogP contribution in [-0.2, 0) is 11.2 Å². The average molecular weight is 367 g/mol. The predicted octanol–water partition coefficient (Wildman–Crippen LogP) is 4.66. The molecule has 24 heavy (non-hydrogen) atoms. The zero-order chi connectivity index (χ0) is 17.9. The maximum atomic E-state index is 12.5. The van der Waals surface area contributed by atoms with E-state index in [1.165, 1.54) is 11.0 Å². The van der Waals surface area contributed by atoms with Crippen LogP contribution in [0.25, 0.3) is 0 Å². The molecule has 7 heteroatoms. The van der Waals surface area contributed by atoms with E-state index in [1.807, 2.05) is 6.92 Å². The van der Waals surface area contributed by atoms with Gasteiger partial charge in [-0.25, -0.2) is 0 Å². The van der Waals surface area contributed by atoms with Gasteiger partial charge in [-0.1, -0.05) is 47.5 Å². The highest BCUT2D eigenvalue weighted by Crippen LogP contribution is 2.29. The summed E-state index contributed by atoms with van der Waals surface area (Å²) in [5, 5.41) is 12.0. The van der Waals surface area contributed by atoms with Gasteiger partial charge in [-0.05, 0) is 24.6 Å². The average Bonchev–Trinajstić information content (AvgIpc) is 2.53. The van der Waals surface area contributed by atoms with Crippen molar-refractivity contribution in [2.75, 3.05) is 7.05 Å². The lowest BCUT2D eigenvalue weighted by atomic mass is 10.1. The zero-order valence-electron chi connectivity index (χ0n) is 13.2. The first-order valence-electron chi connectivity index (χ1n) is 7.24. The number of halogens is 2. The molecular weight excluding hydrogens is 351 g/mol. The third-order valence-electron chi connectivity index (χ3n) is 3.92. The molecule has 0 unspecified atom stereocenters. The van der Waals surface area contributed by atoms with E-state index in [0.29, 0.717) is 15.6 Å². The van der Waals surface area contributed by atoms with Crippen molar-refractivity contribution >= 4 is 34.8 Å². The van der Waals surface area contributed by atoms with Gasteiger partial charge < -0.3 is 4.90 Å². The van der Waals surface area contributed by atoms with Crippen LogP contribution < -0.4 is 0 Å². The Morgan fingerprint density at radius 2 is 1.92 bits per heavy atom.